The Labute approximate surface area is 105 Å². The lowest BCUT2D eigenvalue weighted by Gasteiger charge is -2.04. The smallest absolute Gasteiger partial charge is 0.337 e. The molecule has 1 heterocycles. The highest BCUT2D eigenvalue weighted by Crippen LogP contribution is 2.20. The first-order valence-electron chi connectivity index (χ1n) is 4.31. The minimum atomic E-state index is -1.06. The summed E-state index contributed by atoms with van der Waals surface area (Å²) in [6, 6.07) is 4.72. The van der Waals surface area contributed by atoms with Gasteiger partial charge in [-0.3, -0.25) is 0 Å². The normalized spacial score (nSPS) is 10.4. The fraction of sp³-hybridized carbons (Fsp3) is 0. The molecule has 0 saturated heterocycles. The van der Waals surface area contributed by atoms with Gasteiger partial charge in [-0.2, -0.15) is 5.10 Å². The molecule has 0 atom stereocenters. The molecule has 1 N–H and O–H groups in total. The van der Waals surface area contributed by atoms with Crippen molar-refractivity contribution in [1.29, 1.82) is 0 Å². The monoisotopic (exact) mass is 300 g/mol. The Bertz CT molecular complexity index is 554. The summed E-state index contributed by atoms with van der Waals surface area (Å²) in [6.07, 6.45) is 3.35. The van der Waals surface area contributed by atoms with Crippen LogP contribution in [0.3, 0.4) is 0 Å². The molecule has 82 valence electrons. The molecule has 2 rings (SSSR count). The molecular weight excluding hydrogens is 295 g/mol. The molecule has 0 bridgehead atoms. The molecule has 0 saturated carbocycles. The van der Waals surface area contributed by atoms with Crippen molar-refractivity contribution in [2.24, 2.45) is 0 Å². The molecule has 1 aromatic carbocycles. The van der Waals surface area contributed by atoms with Crippen molar-refractivity contribution in [2.45, 2.75) is 0 Å². The second kappa shape index (κ2) is 4.27. The summed E-state index contributed by atoms with van der Waals surface area (Å²) in [6.45, 7) is 0. The second-order valence-electron chi connectivity index (χ2n) is 3.07. The van der Waals surface area contributed by atoms with Crippen molar-refractivity contribution in [1.82, 2.24) is 9.78 Å². The molecule has 6 heteroatoms. The Balaban J connectivity index is 2.51. The van der Waals surface area contributed by atoms with Crippen LogP contribution in [0.25, 0.3) is 5.69 Å². The first-order chi connectivity index (χ1) is 7.58. The van der Waals surface area contributed by atoms with Gasteiger partial charge in [-0.25, -0.2) is 9.48 Å². The van der Waals surface area contributed by atoms with Gasteiger partial charge in [0, 0.05) is 6.20 Å². The number of rotatable bonds is 2. The molecule has 0 spiro atoms. The molecule has 0 radical (unpaired) electrons. The largest absolute Gasteiger partial charge is 0.478 e. The van der Waals surface area contributed by atoms with E-state index in [4.69, 9.17) is 16.7 Å². The van der Waals surface area contributed by atoms with Crippen molar-refractivity contribution in [3.05, 3.63) is 45.7 Å². The number of carbonyl (C=O) groups is 1. The van der Waals surface area contributed by atoms with Gasteiger partial charge in [0.15, 0.2) is 0 Å². The standard InChI is InChI=1S/C10H6BrClN2O2/c11-6-4-13-14(5-6)7-1-2-9(12)8(3-7)10(15)16/h1-5H,(H,15,16). The predicted octanol–water partition coefficient (Wildman–Crippen LogP) is 2.99. The molecule has 0 aliphatic rings. The average molecular weight is 302 g/mol. The van der Waals surface area contributed by atoms with Gasteiger partial charge < -0.3 is 5.11 Å². The van der Waals surface area contributed by atoms with E-state index in [1.165, 1.54) is 12.1 Å². The van der Waals surface area contributed by atoms with E-state index in [0.717, 1.165) is 4.47 Å². The zero-order chi connectivity index (χ0) is 11.7. The third-order valence-corrected chi connectivity index (χ3v) is 2.74. The number of nitrogens with zero attached hydrogens (tertiary/aromatic N) is 2. The Hall–Kier alpha value is -1.33. The summed E-state index contributed by atoms with van der Waals surface area (Å²) in [7, 11) is 0. The van der Waals surface area contributed by atoms with Gasteiger partial charge in [0.2, 0.25) is 0 Å². The Morgan fingerprint density at radius 2 is 2.25 bits per heavy atom. The average Bonchev–Trinajstić information content (AvgIpc) is 2.65. The molecule has 2 aromatic rings. The zero-order valence-corrected chi connectivity index (χ0v) is 10.2. The van der Waals surface area contributed by atoms with Gasteiger partial charge in [-0.1, -0.05) is 11.6 Å². The highest BCUT2D eigenvalue weighted by Gasteiger charge is 2.10. The van der Waals surface area contributed by atoms with Gasteiger partial charge in [-0.05, 0) is 34.1 Å². The lowest BCUT2D eigenvalue weighted by atomic mass is 10.2. The minimum Gasteiger partial charge on any atom is -0.478 e. The van der Waals surface area contributed by atoms with Crippen molar-refractivity contribution in [2.75, 3.05) is 0 Å². The van der Waals surface area contributed by atoms with E-state index in [2.05, 4.69) is 21.0 Å². The molecule has 0 unspecified atom stereocenters. The molecule has 16 heavy (non-hydrogen) atoms. The van der Waals surface area contributed by atoms with E-state index >= 15 is 0 Å². The number of hydrogen-bond acceptors (Lipinski definition) is 2. The Kier molecular flexibility index (Phi) is 2.98. The van der Waals surface area contributed by atoms with E-state index in [-0.39, 0.29) is 10.6 Å². The summed E-state index contributed by atoms with van der Waals surface area (Å²) in [4.78, 5) is 10.9. The fourth-order valence-electron chi connectivity index (χ4n) is 1.26. The summed E-state index contributed by atoms with van der Waals surface area (Å²) in [5.74, 6) is -1.06. The number of halogens is 2. The number of benzene rings is 1. The van der Waals surface area contributed by atoms with E-state index in [9.17, 15) is 4.79 Å². The Morgan fingerprint density at radius 3 is 2.81 bits per heavy atom. The van der Waals surface area contributed by atoms with E-state index in [0.29, 0.717) is 5.69 Å². The van der Waals surface area contributed by atoms with Crippen molar-refractivity contribution in [3.63, 3.8) is 0 Å². The van der Waals surface area contributed by atoms with Crippen LogP contribution in [0, 0.1) is 0 Å². The third-order valence-electron chi connectivity index (χ3n) is 2.00. The topological polar surface area (TPSA) is 55.1 Å². The van der Waals surface area contributed by atoms with Crippen LogP contribution in [0.1, 0.15) is 10.4 Å². The molecule has 0 aliphatic carbocycles. The first kappa shape index (κ1) is 11.2. The van der Waals surface area contributed by atoms with Crippen LogP contribution >= 0.6 is 27.5 Å². The number of aromatic nitrogens is 2. The highest BCUT2D eigenvalue weighted by molar-refractivity contribution is 9.10. The number of aromatic carboxylic acids is 1. The minimum absolute atomic E-state index is 0.0609. The maximum absolute atomic E-state index is 10.9. The summed E-state index contributed by atoms with van der Waals surface area (Å²) < 4.78 is 2.38. The summed E-state index contributed by atoms with van der Waals surface area (Å²) in [5, 5.41) is 13.2. The van der Waals surface area contributed by atoms with Crippen molar-refractivity contribution >= 4 is 33.5 Å². The number of hydrogen-bond donors (Lipinski definition) is 1. The van der Waals surface area contributed by atoms with Crippen LogP contribution in [-0.2, 0) is 0 Å². The summed E-state index contributed by atoms with van der Waals surface area (Å²) in [5.41, 5.74) is 0.707. The highest BCUT2D eigenvalue weighted by atomic mass is 79.9. The van der Waals surface area contributed by atoms with Crippen LogP contribution in [0.4, 0.5) is 0 Å². The fourth-order valence-corrected chi connectivity index (χ4v) is 1.75. The van der Waals surface area contributed by atoms with Crippen LogP contribution in [0.2, 0.25) is 5.02 Å². The zero-order valence-electron chi connectivity index (χ0n) is 7.89. The van der Waals surface area contributed by atoms with Crippen molar-refractivity contribution in [3.8, 4) is 5.69 Å². The number of carboxylic acid groups (broad SMARTS) is 1. The van der Waals surface area contributed by atoms with Gasteiger partial charge in [0.25, 0.3) is 0 Å². The predicted molar refractivity (Wildman–Crippen MR) is 63.2 cm³/mol. The lowest BCUT2D eigenvalue weighted by Crippen LogP contribution is -2.01. The molecular formula is C10H6BrClN2O2. The maximum Gasteiger partial charge on any atom is 0.337 e. The van der Waals surface area contributed by atoms with Gasteiger partial charge in [0.05, 0.1) is 26.9 Å². The van der Waals surface area contributed by atoms with Crippen LogP contribution < -0.4 is 0 Å². The quantitative estimate of drug-likeness (QED) is 0.927. The second-order valence-corrected chi connectivity index (χ2v) is 4.40. The number of carboxylic acids is 1. The van der Waals surface area contributed by atoms with E-state index < -0.39 is 5.97 Å². The van der Waals surface area contributed by atoms with E-state index in [1.807, 2.05) is 0 Å². The lowest BCUT2D eigenvalue weighted by molar-refractivity contribution is 0.0697. The van der Waals surface area contributed by atoms with Crippen LogP contribution in [0.15, 0.2) is 35.1 Å². The molecule has 0 amide bonds. The molecule has 0 aliphatic heterocycles. The van der Waals surface area contributed by atoms with Gasteiger partial charge in [-0.15, -0.1) is 0 Å². The molecule has 1 aromatic heterocycles. The van der Waals surface area contributed by atoms with Crippen molar-refractivity contribution < 1.29 is 9.90 Å². The molecule has 0 fully saturated rings. The van der Waals surface area contributed by atoms with E-state index in [1.54, 1.807) is 23.1 Å². The van der Waals surface area contributed by atoms with Crippen LogP contribution in [-0.4, -0.2) is 20.9 Å². The SMILES string of the molecule is O=C(O)c1cc(-n2cc(Br)cn2)ccc1Cl. The Morgan fingerprint density at radius 1 is 1.50 bits per heavy atom. The van der Waals surface area contributed by atoms with Gasteiger partial charge in [0.1, 0.15) is 0 Å². The van der Waals surface area contributed by atoms with Gasteiger partial charge >= 0.3 is 5.97 Å². The third kappa shape index (κ3) is 2.10. The van der Waals surface area contributed by atoms with Crippen LogP contribution in [0.5, 0.6) is 0 Å². The summed E-state index contributed by atoms with van der Waals surface area (Å²) >= 11 is 9.03. The first-order valence-corrected chi connectivity index (χ1v) is 5.48. The maximum atomic E-state index is 10.9. The molecule has 4 nitrogen and oxygen atoms in total.